The van der Waals surface area contributed by atoms with Crippen molar-refractivity contribution in [2.24, 2.45) is 17.3 Å². The highest BCUT2D eigenvalue weighted by atomic mass is 16.7. The van der Waals surface area contributed by atoms with Crippen molar-refractivity contribution in [3.63, 3.8) is 0 Å². The molecule has 0 aromatic heterocycles. The molecule has 0 N–H and O–H groups in total. The van der Waals surface area contributed by atoms with Gasteiger partial charge in [-0.3, -0.25) is 4.79 Å². The Balaban J connectivity index is 1.04. The molecule has 4 aliphatic heterocycles. The Bertz CT molecular complexity index is 1100. The number of nitrogens with zero attached hydrogens (tertiary/aromatic N) is 2. The van der Waals surface area contributed by atoms with Gasteiger partial charge in [0.1, 0.15) is 6.61 Å². The second kappa shape index (κ2) is 8.79. The molecule has 5 aliphatic rings. The molecule has 0 bridgehead atoms. The summed E-state index contributed by atoms with van der Waals surface area (Å²) in [6.45, 7) is 8.00. The largest absolute Gasteiger partial charge is 0.457 e. The highest BCUT2D eigenvalue weighted by molar-refractivity contribution is 5.93. The van der Waals surface area contributed by atoms with Gasteiger partial charge in [-0.1, -0.05) is 18.2 Å². The number of fused-ring (bicyclic) bond motifs is 2. The minimum absolute atomic E-state index is 0.0294. The van der Waals surface area contributed by atoms with Gasteiger partial charge < -0.3 is 24.0 Å². The summed E-state index contributed by atoms with van der Waals surface area (Å²) in [6.07, 6.45) is 10.5. The van der Waals surface area contributed by atoms with Gasteiger partial charge in [-0.05, 0) is 74.4 Å². The maximum Gasteiger partial charge on any atom is 0.338 e. The monoisotopic (exact) mass is 478 g/mol. The van der Waals surface area contributed by atoms with Crippen LogP contribution in [0.25, 0.3) is 0 Å². The Hall–Kier alpha value is -2.64. The molecule has 186 valence electrons. The fourth-order valence-corrected chi connectivity index (χ4v) is 6.62. The molecule has 0 saturated carbocycles. The molecule has 7 heteroatoms. The molecule has 1 spiro atoms. The molecule has 3 fully saturated rings. The van der Waals surface area contributed by atoms with E-state index in [1.165, 1.54) is 36.1 Å². The quantitative estimate of drug-likeness (QED) is 0.602. The van der Waals surface area contributed by atoms with Gasteiger partial charge >= 0.3 is 11.9 Å². The third-order valence-electron chi connectivity index (χ3n) is 9.00. The van der Waals surface area contributed by atoms with Gasteiger partial charge in [0.05, 0.1) is 17.4 Å². The number of methoxy groups -OCH3 is 1. The number of rotatable bonds is 5. The van der Waals surface area contributed by atoms with Crippen LogP contribution in [0.2, 0.25) is 0 Å². The molecule has 3 unspecified atom stereocenters. The fourth-order valence-electron chi connectivity index (χ4n) is 6.62. The summed E-state index contributed by atoms with van der Waals surface area (Å²) >= 11 is 0. The summed E-state index contributed by atoms with van der Waals surface area (Å²) in [4.78, 5) is 29.0. The van der Waals surface area contributed by atoms with E-state index in [4.69, 9.17) is 14.2 Å². The van der Waals surface area contributed by atoms with Crippen LogP contribution in [0.5, 0.6) is 0 Å². The van der Waals surface area contributed by atoms with Gasteiger partial charge in [-0.15, -0.1) is 0 Å². The molecule has 7 nitrogen and oxygen atoms in total. The van der Waals surface area contributed by atoms with E-state index in [2.05, 4.69) is 34.9 Å². The zero-order valence-electron chi connectivity index (χ0n) is 20.6. The molecule has 1 aromatic rings. The molecule has 3 atom stereocenters. The van der Waals surface area contributed by atoms with Crippen LogP contribution in [0.4, 0.5) is 0 Å². The van der Waals surface area contributed by atoms with Crippen LogP contribution in [-0.4, -0.2) is 67.9 Å². The lowest BCUT2D eigenvalue weighted by Crippen LogP contribution is -2.42. The first-order chi connectivity index (χ1) is 17.0. The minimum Gasteiger partial charge on any atom is -0.457 e. The standard InChI is InChI=1S/C28H34N2O5/c1-18-19(3-5-22-24(18)16-34-25(22)31)7-11-29-12-8-28(9-13-29)10-14-30(17-28)20-4-6-21-23(15-20)27(33-2)35-26(21)32/h3-6,15,21,23,27H,7-14,16-17H2,1-2H3. The van der Waals surface area contributed by atoms with E-state index in [1.807, 2.05) is 12.1 Å². The number of carbonyl (C=O) groups excluding carboxylic acids is 2. The molecular weight excluding hydrogens is 444 g/mol. The SMILES string of the molecule is COC1OC(=O)C2C=CC(N3CCC4(CCN(CCc5ccc6c(c5C)COC6=O)CC4)C3)=CC12. The molecule has 35 heavy (non-hydrogen) atoms. The first-order valence-electron chi connectivity index (χ1n) is 12.9. The highest BCUT2D eigenvalue weighted by Crippen LogP contribution is 2.43. The van der Waals surface area contributed by atoms with Crippen LogP contribution >= 0.6 is 0 Å². The van der Waals surface area contributed by atoms with Crippen molar-refractivity contribution in [2.45, 2.75) is 45.5 Å². The molecule has 3 saturated heterocycles. The van der Waals surface area contributed by atoms with Crippen LogP contribution < -0.4 is 0 Å². The maximum atomic E-state index is 12.1. The Morgan fingerprint density at radius 3 is 2.74 bits per heavy atom. The number of likely N-dealkylation sites (tertiary alicyclic amines) is 2. The number of esters is 2. The number of benzene rings is 1. The summed E-state index contributed by atoms with van der Waals surface area (Å²) in [6, 6.07) is 4.04. The van der Waals surface area contributed by atoms with Crippen molar-refractivity contribution in [1.82, 2.24) is 9.80 Å². The molecule has 0 radical (unpaired) electrons. The molecule has 6 rings (SSSR count). The van der Waals surface area contributed by atoms with Crippen molar-refractivity contribution in [1.29, 1.82) is 0 Å². The van der Waals surface area contributed by atoms with E-state index in [0.29, 0.717) is 12.0 Å². The second-order valence-corrected chi connectivity index (χ2v) is 10.8. The first kappa shape index (κ1) is 22.8. The summed E-state index contributed by atoms with van der Waals surface area (Å²) in [5.74, 6) is -0.621. The normalized spacial score (nSPS) is 29.3. The Morgan fingerprint density at radius 1 is 1.14 bits per heavy atom. The van der Waals surface area contributed by atoms with Crippen molar-refractivity contribution in [2.75, 3.05) is 39.8 Å². The number of ether oxygens (including phenoxy) is 3. The van der Waals surface area contributed by atoms with Crippen molar-refractivity contribution >= 4 is 11.9 Å². The molecule has 1 aromatic carbocycles. The number of hydrogen-bond donors (Lipinski definition) is 0. The highest BCUT2D eigenvalue weighted by Gasteiger charge is 2.46. The average Bonchev–Trinajstić information content (AvgIpc) is 3.56. The lowest BCUT2D eigenvalue weighted by Gasteiger charge is -2.39. The number of carbonyl (C=O) groups is 2. The van der Waals surface area contributed by atoms with E-state index in [0.717, 1.165) is 50.3 Å². The van der Waals surface area contributed by atoms with E-state index >= 15 is 0 Å². The predicted octanol–water partition coefficient (Wildman–Crippen LogP) is 3.21. The Morgan fingerprint density at radius 2 is 1.94 bits per heavy atom. The van der Waals surface area contributed by atoms with Gasteiger partial charge in [0.2, 0.25) is 6.29 Å². The van der Waals surface area contributed by atoms with Gasteiger partial charge in [-0.2, -0.15) is 0 Å². The van der Waals surface area contributed by atoms with Crippen molar-refractivity contribution < 1.29 is 23.8 Å². The summed E-state index contributed by atoms with van der Waals surface area (Å²) in [7, 11) is 1.60. The zero-order valence-corrected chi connectivity index (χ0v) is 20.6. The predicted molar refractivity (Wildman–Crippen MR) is 129 cm³/mol. The van der Waals surface area contributed by atoms with Gasteiger partial charge in [0.15, 0.2) is 0 Å². The summed E-state index contributed by atoms with van der Waals surface area (Å²) < 4.78 is 16.0. The van der Waals surface area contributed by atoms with Crippen LogP contribution in [0.1, 0.15) is 46.3 Å². The van der Waals surface area contributed by atoms with Crippen LogP contribution in [0, 0.1) is 24.2 Å². The van der Waals surface area contributed by atoms with Gasteiger partial charge in [0.25, 0.3) is 0 Å². The smallest absolute Gasteiger partial charge is 0.338 e. The number of piperidine rings is 1. The van der Waals surface area contributed by atoms with Crippen LogP contribution in [0.15, 0.2) is 36.1 Å². The van der Waals surface area contributed by atoms with E-state index in [1.54, 1.807) is 7.11 Å². The summed E-state index contributed by atoms with van der Waals surface area (Å²) in [5, 5.41) is 0. The zero-order chi connectivity index (χ0) is 24.2. The Labute approximate surface area is 206 Å². The summed E-state index contributed by atoms with van der Waals surface area (Å²) in [5.41, 5.74) is 5.94. The maximum absolute atomic E-state index is 12.1. The van der Waals surface area contributed by atoms with Crippen molar-refractivity contribution in [3.05, 3.63) is 58.3 Å². The van der Waals surface area contributed by atoms with Crippen LogP contribution in [0.3, 0.4) is 0 Å². The van der Waals surface area contributed by atoms with Gasteiger partial charge in [0, 0.05) is 38.0 Å². The molecule has 0 amide bonds. The lowest BCUT2D eigenvalue weighted by atomic mass is 9.77. The topological polar surface area (TPSA) is 68.3 Å². The molecule has 4 heterocycles. The number of hydrogen-bond acceptors (Lipinski definition) is 7. The molecular formula is C28H34N2O5. The lowest BCUT2D eigenvalue weighted by molar-refractivity contribution is -0.160. The fraction of sp³-hybridized carbons (Fsp3) is 0.571. The number of cyclic esters (lactones) is 2. The Kier molecular flexibility index (Phi) is 5.72. The van der Waals surface area contributed by atoms with Crippen molar-refractivity contribution in [3.8, 4) is 0 Å². The van der Waals surface area contributed by atoms with E-state index in [-0.39, 0.29) is 23.8 Å². The van der Waals surface area contributed by atoms with E-state index < -0.39 is 6.29 Å². The van der Waals surface area contributed by atoms with Crippen LogP contribution in [-0.2, 0) is 32.0 Å². The first-order valence-corrected chi connectivity index (χ1v) is 12.9. The van der Waals surface area contributed by atoms with E-state index in [9.17, 15) is 9.59 Å². The van der Waals surface area contributed by atoms with Gasteiger partial charge in [-0.25, -0.2) is 4.79 Å². The second-order valence-electron chi connectivity index (χ2n) is 10.8. The number of allylic oxidation sites excluding steroid dienone is 1. The minimum atomic E-state index is -0.477. The molecule has 1 aliphatic carbocycles. The third kappa shape index (κ3) is 3.99. The average molecular weight is 479 g/mol. The third-order valence-corrected chi connectivity index (χ3v) is 9.00.